The van der Waals surface area contributed by atoms with Gasteiger partial charge in [0.05, 0.1) is 0 Å². The Labute approximate surface area is 121 Å². The van der Waals surface area contributed by atoms with Crippen LogP contribution < -0.4 is 5.73 Å². The van der Waals surface area contributed by atoms with E-state index in [9.17, 15) is 18.0 Å². The van der Waals surface area contributed by atoms with Crippen LogP contribution in [0, 0.1) is 0 Å². The van der Waals surface area contributed by atoms with Gasteiger partial charge in [0.15, 0.2) is 0 Å². The SMILES string of the molecule is NCCc1ccc(C(=O)N2CC=C(C(F)(F)F)CC2)cc1. The molecule has 0 saturated carbocycles. The first-order valence-electron chi connectivity index (χ1n) is 6.76. The molecule has 1 aromatic carbocycles. The second kappa shape index (κ2) is 6.30. The molecule has 6 heteroatoms. The summed E-state index contributed by atoms with van der Waals surface area (Å²) in [6, 6.07) is 7.02. The van der Waals surface area contributed by atoms with Gasteiger partial charge in [-0.15, -0.1) is 0 Å². The van der Waals surface area contributed by atoms with Crippen molar-refractivity contribution in [1.82, 2.24) is 4.90 Å². The molecule has 0 aliphatic carbocycles. The lowest BCUT2D eigenvalue weighted by molar-refractivity contribution is -0.0957. The second-order valence-electron chi connectivity index (χ2n) is 4.96. The number of hydrogen-bond donors (Lipinski definition) is 1. The summed E-state index contributed by atoms with van der Waals surface area (Å²) in [7, 11) is 0. The zero-order valence-electron chi connectivity index (χ0n) is 11.5. The highest BCUT2D eigenvalue weighted by molar-refractivity contribution is 5.94. The van der Waals surface area contributed by atoms with Crippen molar-refractivity contribution in [3.8, 4) is 0 Å². The van der Waals surface area contributed by atoms with Crippen LogP contribution in [-0.2, 0) is 6.42 Å². The average Bonchev–Trinajstić information content (AvgIpc) is 2.47. The number of hydrogen-bond acceptors (Lipinski definition) is 2. The van der Waals surface area contributed by atoms with E-state index in [0.717, 1.165) is 18.1 Å². The number of amides is 1. The summed E-state index contributed by atoms with van der Waals surface area (Å²) >= 11 is 0. The third-order valence-corrected chi connectivity index (χ3v) is 3.49. The molecule has 0 unspecified atom stereocenters. The number of benzene rings is 1. The van der Waals surface area contributed by atoms with E-state index in [1.54, 1.807) is 12.1 Å². The minimum Gasteiger partial charge on any atom is -0.335 e. The van der Waals surface area contributed by atoms with Gasteiger partial charge in [-0.2, -0.15) is 13.2 Å². The van der Waals surface area contributed by atoms with Crippen LogP contribution >= 0.6 is 0 Å². The van der Waals surface area contributed by atoms with Gasteiger partial charge in [-0.05, 0) is 37.1 Å². The minimum atomic E-state index is -4.29. The Kier molecular flexibility index (Phi) is 4.67. The molecule has 1 heterocycles. The molecule has 0 radical (unpaired) electrons. The van der Waals surface area contributed by atoms with Crippen molar-refractivity contribution in [3.05, 3.63) is 47.0 Å². The predicted molar refractivity (Wildman–Crippen MR) is 73.9 cm³/mol. The number of halogens is 3. The molecule has 1 aliphatic rings. The van der Waals surface area contributed by atoms with Crippen LogP contribution in [0.25, 0.3) is 0 Å². The van der Waals surface area contributed by atoms with Crippen molar-refractivity contribution >= 4 is 5.91 Å². The summed E-state index contributed by atoms with van der Waals surface area (Å²) in [5, 5.41) is 0. The van der Waals surface area contributed by atoms with Crippen molar-refractivity contribution in [3.63, 3.8) is 0 Å². The van der Waals surface area contributed by atoms with E-state index in [1.807, 2.05) is 12.1 Å². The van der Waals surface area contributed by atoms with Crippen LogP contribution in [-0.4, -0.2) is 36.6 Å². The molecule has 2 rings (SSSR count). The highest BCUT2D eigenvalue weighted by Gasteiger charge is 2.35. The van der Waals surface area contributed by atoms with Gasteiger partial charge >= 0.3 is 6.18 Å². The normalized spacial score (nSPS) is 15.8. The van der Waals surface area contributed by atoms with Crippen LogP contribution in [0.5, 0.6) is 0 Å². The first-order valence-corrected chi connectivity index (χ1v) is 6.76. The lowest BCUT2D eigenvalue weighted by Gasteiger charge is -2.27. The number of carbonyl (C=O) groups is 1. The standard InChI is InChI=1S/C15H17F3N2O/c16-15(17,18)13-6-9-20(10-7-13)14(21)12-3-1-11(2-4-12)5-8-19/h1-4,6H,5,7-10,19H2. The molecule has 2 N–H and O–H groups in total. The molecular weight excluding hydrogens is 281 g/mol. The minimum absolute atomic E-state index is 0.00176. The van der Waals surface area contributed by atoms with Crippen LogP contribution in [0.2, 0.25) is 0 Å². The fourth-order valence-electron chi connectivity index (χ4n) is 2.27. The van der Waals surface area contributed by atoms with Crippen molar-refractivity contribution in [2.75, 3.05) is 19.6 Å². The summed E-state index contributed by atoms with van der Waals surface area (Å²) in [5.74, 6) is -0.244. The molecule has 0 spiro atoms. The van der Waals surface area contributed by atoms with Crippen LogP contribution in [0.3, 0.4) is 0 Å². The molecule has 0 aromatic heterocycles. The van der Waals surface area contributed by atoms with Crippen LogP contribution in [0.15, 0.2) is 35.9 Å². The molecule has 0 saturated heterocycles. The molecule has 0 fully saturated rings. The molecule has 114 valence electrons. The summed E-state index contributed by atoms with van der Waals surface area (Å²) in [6.45, 7) is 0.622. The Morgan fingerprint density at radius 2 is 1.90 bits per heavy atom. The van der Waals surface area contributed by atoms with E-state index in [2.05, 4.69) is 0 Å². The molecule has 3 nitrogen and oxygen atoms in total. The summed E-state index contributed by atoms with van der Waals surface area (Å²) in [6.07, 6.45) is -2.63. The first kappa shape index (κ1) is 15.6. The maximum atomic E-state index is 12.5. The van der Waals surface area contributed by atoms with E-state index in [-0.39, 0.29) is 25.4 Å². The van der Waals surface area contributed by atoms with Crippen molar-refractivity contribution in [2.24, 2.45) is 5.73 Å². The van der Waals surface area contributed by atoms with Crippen LogP contribution in [0.4, 0.5) is 13.2 Å². The molecule has 1 aromatic rings. The van der Waals surface area contributed by atoms with Gasteiger partial charge in [0, 0.05) is 24.2 Å². The lowest BCUT2D eigenvalue weighted by Crippen LogP contribution is -2.36. The van der Waals surface area contributed by atoms with Gasteiger partial charge in [-0.25, -0.2) is 0 Å². The zero-order valence-corrected chi connectivity index (χ0v) is 11.5. The topological polar surface area (TPSA) is 46.3 Å². The summed E-state index contributed by atoms with van der Waals surface area (Å²) in [5.41, 5.74) is 6.42. The third-order valence-electron chi connectivity index (χ3n) is 3.49. The third kappa shape index (κ3) is 3.85. The van der Waals surface area contributed by atoms with Gasteiger partial charge < -0.3 is 10.6 Å². The second-order valence-corrected chi connectivity index (χ2v) is 4.96. The predicted octanol–water partition coefficient (Wildman–Crippen LogP) is 2.52. The van der Waals surface area contributed by atoms with Crippen LogP contribution in [0.1, 0.15) is 22.3 Å². The van der Waals surface area contributed by atoms with Gasteiger partial charge in [0.1, 0.15) is 0 Å². The van der Waals surface area contributed by atoms with Gasteiger partial charge in [-0.3, -0.25) is 4.79 Å². The number of nitrogens with two attached hydrogens (primary N) is 1. The highest BCUT2D eigenvalue weighted by Crippen LogP contribution is 2.30. The fraction of sp³-hybridized carbons (Fsp3) is 0.400. The zero-order chi connectivity index (χ0) is 15.5. The fourth-order valence-corrected chi connectivity index (χ4v) is 2.27. The molecule has 0 atom stereocenters. The Balaban J connectivity index is 2.03. The van der Waals surface area contributed by atoms with Gasteiger partial charge in [0.25, 0.3) is 5.91 Å². The molecular formula is C15H17F3N2O. The van der Waals surface area contributed by atoms with Crippen molar-refractivity contribution in [2.45, 2.75) is 19.0 Å². The van der Waals surface area contributed by atoms with Gasteiger partial charge in [0.2, 0.25) is 0 Å². The van der Waals surface area contributed by atoms with E-state index in [0.29, 0.717) is 12.1 Å². The Morgan fingerprint density at radius 3 is 2.38 bits per heavy atom. The van der Waals surface area contributed by atoms with E-state index in [1.165, 1.54) is 4.90 Å². The molecule has 21 heavy (non-hydrogen) atoms. The number of rotatable bonds is 3. The van der Waals surface area contributed by atoms with E-state index >= 15 is 0 Å². The highest BCUT2D eigenvalue weighted by atomic mass is 19.4. The molecule has 0 bridgehead atoms. The Hall–Kier alpha value is -1.82. The quantitative estimate of drug-likeness (QED) is 0.872. The Bertz CT molecular complexity index is 535. The monoisotopic (exact) mass is 298 g/mol. The largest absolute Gasteiger partial charge is 0.412 e. The summed E-state index contributed by atoms with van der Waals surface area (Å²) < 4.78 is 37.6. The number of carbonyl (C=O) groups excluding carboxylic acids is 1. The van der Waals surface area contributed by atoms with E-state index < -0.39 is 11.7 Å². The van der Waals surface area contributed by atoms with Crippen molar-refractivity contribution in [1.29, 1.82) is 0 Å². The summed E-state index contributed by atoms with van der Waals surface area (Å²) in [4.78, 5) is 13.6. The van der Waals surface area contributed by atoms with E-state index in [4.69, 9.17) is 5.73 Å². The van der Waals surface area contributed by atoms with Gasteiger partial charge in [-0.1, -0.05) is 18.2 Å². The first-order chi connectivity index (χ1) is 9.91. The molecule has 1 amide bonds. The number of alkyl halides is 3. The average molecular weight is 298 g/mol. The maximum absolute atomic E-state index is 12.5. The smallest absolute Gasteiger partial charge is 0.335 e. The lowest BCUT2D eigenvalue weighted by atomic mass is 10.1. The maximum Gasteiger partial charge on any atom is 0.412 e. The molecule has 1 aliphatic heterocycles. The van der Waals surface area contributed by atoms with Crippen molar-refractivity contribution < 1.29 is 18.0 Å². The number of nitrogens with zero attached hydrogens (tertiary/aromatic N) is 1. The Morgan fingerprint density at radius 1 is 1.24 bits per heavy atom.